The highest BCUT2D eigenvalue weighted by Gasteiger charge is 2.43. The number of rotatable bonds is 5. The van der Waals surface area contributed by atoms with Gasteiger partial charge in [-0.25, -0.2) is 4.79 Å². The fourth-order valence-corrected chi connectivity index (χ4v) is 4.17. The average molecular weight is 405 g/mol. The van der Waals surface area contributed by atoms with E-state index >= 15 is 0 Å². The van der Waals surface area contributed by atoms with Gasteiger partial charge in [-0.15, -0.1) is 0 Å². The minimum Gasteiger partial charge on any atom is -0.493 e. The molecule has 1 heterocycles. The highest BCUT2D eigenvalue weighted by molar-refractivity contribution is 6.23. The number of methoxy groups -OCH3 is 2. The molecule has 0 saturated heterocycles. The van der Waals surface area contributed by atoms with E-state index in [0.717, 1.165) is 16.8 Å². The number of hydrogen-bond donors (Lipinski definition) is 1. The summed E-state index contributed by atoms with van der Waals surface area (Å²) in [5.41, 5.74) is 4.58. The molecule has 4 rings (SSSR count). The van der Waals surface area contributed by atoms with Crippen LogP contribution in [-0.2, 0) is 9.53 Å². The van der Waals surface area contributed by atoms with E-state index in [9.17, 15) is 9.59 Å². The van der Waals surface area contributed by atoms with Gasteiger partial charge in [0.2, 0.25) is 0 Å². The lowest BCUT2D eigenvalue weighted by Gasteiger charge is -2.29. The van der Waals surface area contributed by atoms with Gasteiger partial charge in [0.15, 0.2) is 17.3 Å². The molecule has 0 fully saturated rings. The van der Waals surface area contributed by atoms with E-state index in [2.05, 4.69) is 5.32 Å². The molecule has 0 unspecified atom stereocenters. The van der Waals surface area contributed by atoms with Crippen LogP contribution in [0.2, 0.25) is 0 Å². The van der Waals surface area contributed by atoms with Crippen LogP contribution >= 0.6 is 0 Å². The van der Waals surface area contributed by atoms with Crippen LogP contribution in [0.25, 0.3) is 5.70 Å². The molecule has 30 heavy (non-hydrogen) atoms. The third-order valence-electron chi connectivity index (χ3n) is 5.49. The Kier molecular flexibility index (Phi) is 5.08. The van der Waals surface area contributed by atoms with E-state index in [1.54, 1.807) is 27.2 Å². The number of carbonyl (C=O) groups is 2. The standard InChI is InChI=1S/C24H23NO5/c1-5-30-24(27)19-13(2)25-22-15-8-6-7-9-16(15)23(26)21(22)20(19)14-10-11-17(28-3)18(12-14)29-4/h6-12,20,25H,5H2,1-4H3/t20-/m1/s1. The largest absolute Gasteiger partial charge is 0.493 e. The van der Waals surface area contributed by atoms with Gasteiger partial charge in [0.05, 0.1) is 32.1 Å². The first-order valence-corrected chi connectivity index (χ1v) is 9.76. The lowest BCUT2D eigenvalue weighted by molar-refractivity contribution is -0.138. The number of benzene rings is 2. The predicted octanol–water partition coefficient (Wildman–Crippen LogP) is 3.84. The van der Waals surface area contributed by atoms with Crippen LogP contribution in [0.15, 0.2) is 59.3 Å². The molecule has 0 aromatic heterocycles. The summed E-state index contributed by atoms with van der Waals surface area (Å²) in [5.74, 6) is -0.0249. The number of carbonyl (C=O) groups excluding carboxylic acids is 2. The predicted molar refractivity (Wildman–Crippen MR) is 112 cm³/mol. The van der Waals surface area contributed by atoms with Crippen molar-refractivity contribution in [2.24, 2.45) is 0 Å². The number of dihydropyridines is 1. The first-order valence-electron chi connectivity index (χ1n) is 9.76. The fraction of sp³-hybridized carbons (Fsp3) is 0.250. The molecule has 2 aliphatic rings. The van der Waals surface area contributed by atoms with Crippen molar-refractivity contribution >= 4 is 17.4 Å². The van der Waals surface area contributed by atoms with E-state index in [1.807, 2.05) is 43.3 Å². The highest BCUT2D eigenvalue weighted by atomic mass is 16.5. The molecule has 0 bridgehead atoms. The van der Waals surface area contributed by atoms with Crippen molar-refractivity contribution in [2.75, 3.05) is 20.8 Å². The van der Waals surface area contributed by atoms with Crippen LogP contribution in [0.1, 0.15) is 41.3 Å². The number of hydrogen-bond acceptors (Lipinski definition) is 6. The maximum Gasteiger partial charge on any atom is 0.336 e. The lowest BCUT2D eigenvalue weighted by Crippen LogP contribution is -2.29. The number of ketones is 1. The maximum absolute atomic E-state index is 13.4. The number of Topliss-reactive ketones (excluding diaryl/α,β-unsaturated/α-hetero) is 1. The van der Waals surface area contributed by atoms with Crippen LogP contribution < -0.4 is 14.8 Å². The van der Waals surface area contributed by atoms with E-state index in [0.29, 0.717) is 33.9 Å². The number of esters is 1. The van der Waals surface area contributed by atoms with Crippen molar-refractivity contribution in [1.29, 1.82) is 0 Å². The van der Waals surface area contributed by atoms with Crippen LogP contribution in [0.3, 0.4) is 0 Å². The smallest absolute Gasteiger partial charge is 0.336 e. The summed E-state index contributed by atoms with van der Waals surface area (Å²) in [4.78, 5) is 26.3. The summed E-state index contributed by atoms with van der Waals surface area (Å²) in [5, 5.41) is 3.29. The van der Waals surface area contributed by atoms with Gasteiger partial charge in [0.25, 0.3) is 0 Å². The molecule has 0 spiro atoms. The van der Waals surface area contributed by atoms with Gasteiger partial charge < -0.3 is 19.5 Å². The van der Waals surface area contributed by atoms with Gasteiger partial charge in [-0.2, -0.15) is 0 Å². The summed E-state index contributed by atoms with van der Waals surface area (Å²) >= 11 is 0. The Morgan fingerprint density at radius 1 is 1.03 bits per heavy atom. The first kappa shape index (κ1) is 19.8. The third kappa shape index (κ3) is 2.96. The highest BCUT2D eigenvalue weighted by Crippen LogP contribution is 2.47. The third-order valence-corrected chi connectivity index (χ3v) is 5.49. The molecule has 6 nitrogen and oxygen atoms in total. The van der Waals surface area contributed by atoms with Gasteiger partial charge in [0, 0.05) is 28.3 Å². The molecule has 1 aliphatic heterocycles. The molecular formula is C24H23NO5. The second-order valence-corrected chi connectivity index (χ2v) is 7.09. The summed E-state index contributed by atoms with van der Waals surface area (Å²) < 4.78 is 16.2. The molecule has 0 amide bonds. The summed E-state index contributed by atoms with van der Waals surface area (Å²) in [6, 6.07) is 12.9. The average Bonchev–Trinajstić information content (AvgIpc) is 3.04. The van der Waals surface area contributed by atoms with Crippen molar-refractivity contribution in [3.8, 4) is 11.5 Å². The van der Waals surface area contributed by atoms with Gasteiger partial charge >= 0.3 is 5.97 Å². The molecule has 0 saturated carbocycles. The molecule has 0 radical (unpaired) electrons. The molecule has 2 aromatic carbocycles. The molecule has 2 aromatic rings. The van der Waals surface area contributed by atoms with Gasteiger partial charge in [-0.05, 0) is 31.5 Å². The molecule has 6 heteroatoms. The van der Waals surface area contributed by atoms with E-state index < -0.39 is 11.9 Å². The van der Waals surface area contributed by atoms with Crippen LogP contribution in [-0.4, -0.2) is 32.6 Å². The second-order valence-electron chi connectivity index (χ2n) is 7.09. The topological polar surface area (TPSA) is 73.9 Å². The Balaban J connectivity index is 1.93. The van der Waals surface area contributed by atoms with E-state index in [1.165, 1.54) is 0 Å². The quantitative estimate of drug-likeness (QED) is 0.762. The minimum atomic E-state index is -0.583. The van der Waals surface area contributed by atoms with Crippen molar-refractivity contribution in [1.82, 2.24) is 5.32 Å². The number of ether oxygens (including phenoxy) is 3. The molecular weight excluding hydrogens is 382 g/mol. The van der Waals surface area contributed by atoms with Crippen LogP contribution in [0.4, 0.5) is 0 Å². The van der Waals surface area contributed by atoms with Crippen LogP contribution in [0, 0.1) is 0 Å². The Bertz CT molecular complexity index is 1110. The molecule has 1 atom stereocenters. The van der Waals surface area contributed by atoms with E-state index in [4.69, 9.17) is 14.2 Å². The molecule has 1 N–H and O–H groups in total. The Hall–Kier alpha value is -3.54. The molecule has 154 valence electrons. The monoisotopic (exact) mass is 405 g/mol. The SMILES string of the molecule is CCOC(=O)C1=C(C)NC2=C(C(=O)c3ccccc32)[C@@H]1c1ccc(OC)c(OC)c1. The van der Waals surface area contributed by atoms with E-state index in [-0.39, 0.29) is 12.4 Å². The zero-order valence-electron chi connectivity index (χ0n) is 17.4. The van der Waals surface area contributed by atoms with Crippen molar-refractivity contribution in [3.63, 3.8) is 0 Å². The normalized spacial score (nSPS) is 17.3. The number of nitrogens with one attached hydrogen (secondary N) is 1. The minimum absolute atomic E-state index is 0.0952. The summed E-state index contributed by atoms with van der Waals surface area (Å²) in [6.07, 6.45) is 0. The van der Waals surface area contributed by atoms with Gasteiger partial charge in [-0.1, -0.05) is 30.3 Å². The zero-order chi connectivity index (χ0) is 21.4. The lowest BCUT2D eigenvalue weighted by atomic mass is 9.79. The molecule has 1 aliphatic carbocycles. The number of allylic oxidation sites excluding steroid dienone is 2. The van der Waals surface area contributed by atoms with Crippen molar-refractivity contribution in [3.05, 3.63) is 76.0 Å². The second kappa shape index (κ2) is 7.71. The number of fused-ring (bicyclic) bond motifs is 2. The van der Waals surface area contributed by atoms with Crippen molar-refractivity contribution < 1.29 is 23.8 Å². The van der Waals surface area contributed by atoms with Crippen molar-refractivity contribution in [2.45, 2.75) is 19.8 Å². The first-order chi connectivity index (χ1) is 14.5. The Morgan fingerprint density at radius 2 is 1.73 bits per heavy atom. The van der Waals surface area contributed by atoms with Crippen LogP contribution in [0.5, 0.6) is 11.5 Å². The Morgan fingerprint density at radius 3 is 2.40 bits per heavy atom. The maximum atomic E-state index is 13.4. The Labute approximate surface area is 175 Å². The summed E-state index contributed by atoms with van der Waals surface area (Å²) in [6.45, 7) is 3.83. The van der Waals surface area contributed by atoms with Gasteiger partial charge in [-0.3, -0.25) is 4.79 Å². The fourth-order valence-electron chi connectivity index (χ4n) is 4.17. The zero-order valence-corrected chi connectivity index (χ0v) is 17.4. The summed E-state index contributed by atoms with van der Waals surface area (Å²) in [7, 11) is 3.12. The van der Waals surface area contributed by atoms with Gasteiger partial charge in [0.1, 0.15) is 0 Å².